The van der Waals surface area contributed by atoms with Crippen molar-refractivity contribution in [3.05, 3.63) is 16.0 Å². The average molecular weight is 223 g/mol. The van der Waals surface area contributed by atoms with Gasteiger partial charge >= 0.3 is 0 Å². The second kappa shape index (κ2) is 3.77. The fraction of sp³-hybridized carbons (Fsp3) is 0.700. The van der Waals surface area contributed by atoms with Gasteiger partial charge in [-0.2, -0.15) is 4.68 Å². The Morgan fingerprint density at radius 3 is 2.56 bits per heavy atom. The average Bonchev–Trinajstić information content (AvgIpc) is 3.04. The van der Waals surface area contributed by atoms with Crippen molar-refractivity contribution in [1.29, 1.82) is 0 Å². The van der Waals surface area contributed by atoms with Gasteiger partial charge < -0.3 is 10.7 Å². The first-order valence-electron chi connectivity index (χ1n) is 5.44. The minimum Gasteiger partial charge on any atom is -0.346 e. The van der Waals surface area contributed by atoms with Gasteiger partial charge in [0.25, 0.3) is 5.56 Å². The summed E-state index contributed by atoms with van der Waals surface area (Å²) in [5, 5.41) is 8.00. The summed E-state index contributed by atoms with van der Waals surface area (Å²) in [6, 6.07) is 0. The summed E-state index contributed by atoms with van der Waals surface area (Å²) >= 11 is 0. The van der Waals surface area contributed by atoms with Crippen LogP contribution in [0.1, 0.15) is 31.4 Å². The standard InChI is InChI=1S/C10H17N5O/c1-6(7-4-5-7)8-9(16)15(11)10(13-12-8)14(2)3/h6-7H,4-5,11H2,1-3H3. The van der Waals surface area contributed by atoms with Crippen molar-refractivity contribution in [3.8, 4) is 0 Å². The molecule has 2 N–H and O–H groups in total. The minimum atomic E-state index is -0.238. The van der Waals surface area contributed by atoms with Crippen LogP contribution in [0.5, 0.6) is 0 Å². The highest BCUT2D eigenvalue weighted by Gasteiger charge is 2.32. The molecule has 1 heterocycles. The van der Waals surface area contributed by atoms with Crippen LogP contribution < -0.4 is 16.3 Å². The van der Waals surface area contributed by atoms with Crippen LogP contribution in [0.15, 0.2) is 4.79 Å². The van der Waals surface area contributed by atoms with Crippen LogP contribution in [0.3, 0.4) is 0 Å². The van der Waals surface area contributed by atoms with Gasteiger partial charge in [0.1, 0.15) is 5.69 Å². The molecule has 0 spiro atoms. The molecular weight excluding hydrogens is 206 g/mol. The number of aromatic nitrogens is 3. The molecule has 6 heteroatoms. The third kappa shape index (κ3) is 1.75. The molecule has 0 bridgehead atoms. The number of hydrogen-bond acceptors (Lipinski definition) is 5. The van der Waals surface area contributed by atoms with Crippen LogP contribution in [0.4, 0.5) is 5.95 Å². The fourth-order valence-electron chi connectivity index (χ4n) is 1.81. The lowest BCUT2D eigenvalue weighted by molar-refractivity contribution is 0.604. The van der Waals surface area contributed by atoms with Gasteiger partial charge in [-0.3, -0.25) is 4.79 Å². The van der Waals surface area contributed by atoms with Crippen LogP contribution in [0.25, 0.3) is 0 Å². The monoisotopic (exact) mass is 223 g/mol. The topological polar surface area (TPSA) is 77.0 Å². The van der Waals surface area contributed by atoms with Crippen molar-refractivity contribution < 1.29 is 0 Å². The van der Waals surface area contributed by atoms with Crippen molar-refractivity contribution >= 4 is 5.95 Å². The summed E-state index contributed by atoms with van der Waals surface area (Å²) in [5.41, 5.74) is 0.244. The number of hydrogen-bond donors (Lipinski definition) is 1. The molecule has 1 atom stereocenters. The molecule has 0 radical (unpaired) electrons. The Morgan fingerprint density at radius 1 is 1.44 bits per heavy atom. The SMILES string of the molecule is CC(c1nnc(N(C)C)n(N)c1=O)C1CC1. The highest BCUT2D eigenvalue weighted by atomic mass is 16.1. The molecule has 6 nitrogen and oxygen atoms in total. The summed E-state index contributed by atoms with van der Waals surface area (Å²) in [5.74, 6) is 6.81. The predicted octanol–water partition coefficient (Wildman–Crippen LogP) is -0.0684. The van der Waals surface area contributed by atoms with Gasteiger partial charge in [0, 0.05) is 20.0 Å². The van der Waals surface area contributed by atoms with E-state index < -0.39 is 0 Å². The Hall–Kier alpha value is -1.59. The number of rotatable bonds is 3. The maximum absolute atomic E-state index is 12.0. The first-order chi connectivity index (χ1) is 7.52. The highest BCUT2D eigenvalue weighted by molar-refractivity contribution is 5.27. The fourth-order valence-corrected chi connectivity index (χ4v) is 1.81. The van der Waals surface area contributed by atoms with Crippen molar-refractivity contribution in [2.75, 3.05) is 24.8 Å². The lowest BCUT2D eigenvalue weighted by atomic mass is 10.0. The van der Waals surface area contributed by atoms with Crippen LogP contribution in [0.2, 0.25) is 0 Å². The van der Waals surface area contributed by atoms with Crippen LogP contribution in [-0.2, 0) is 0 Å². The van der Waals surface area contributed by atoms with E-state index in [0.717, 1.165) is 4.68 Å². The van der Waals surface area contributed by atoms with Gasteiger partial charge in [0.15, 0.2) is 0 Å². The Morgan fingerprint density at radius 2 is 2.06 bits per heavy atom. The summed E-state index contributed by atoms with van der Waals surface area (Å²) in [6.07, 6.45) is 2.34. The molecule has 0 aliphatic heterocycles. The zero-order valence-corrected chi connectivity index (χ0v) is 9.84. The Bertz CT molecular complexity index is 449. The summed E-state index contributed by atoms with van der Waals surface area (Å²) in [4.78, 5) is 13.6. The molecule has 1 aliphatic rings. The lowest BCUT2D eigenvalue weighted by Crippen LogP contribution is -2.37. The largest absolute Gasteiger partial charge is 0.346 e. The van der Waals surface area contributed by atoms with E-state index in [1.54, 1.807) is 19.0 Å². The Balaban J connectivity index is 2.42. The minimum absolute atomic E-state index is 0.158. The second-order valence-electron chi connectivity index (χ2n) is 4.58. The number of nitrogens with two attached hydrogens (primary N) is 1. The molecule has 2 rings (SSSR count). The van der Waals surface area contributed by atoms with Gasteiger partial charge in [0.2, 0.25) is 5.95 Å². The number of nitrogen functional groups attached to an aromatic ring is 1. The van der Waals surface area contributed by atoms with Gasteiger partial charge in [-0.05, 0) is 18.8 Å². The van der Waals surface area contributed by atoms with Crippen molar-refractivity contribution in [1.82, 2.24) is 14.9 Å². The van der Waals surface area contributed by atoms with E-state index >= 15 is 0 Å². The molecule has 1 unspecified atom stereocenters. The molecule has 16 heavy (non-hydrogen) atoms. The third-order valence-corrected chi connectivity index (χ3v) is 3.06. The van der Waals surface area contributed by atoms with E-state index in [1.165, 1.54) is 12.8 Å². The first kappa shape index (κ1) is 10.9. The molecule has 0 amide bonds. The summed E-state index contributed by atoms with van der Waals surface area (Å²) in [6.45, 7) is 2.01. The highest BCUT2D eigenvalue weighted by Crippen LogP contribution is 2.40. The quantitative estimate of drug-likeness (QED) is 0.726. The van der Waals surface area contributed by atoms with E-state index in [1.807, 2.05) is 6.92 Å². The second-order valence-corrected chi connectivity index (χ2v) is 4.58. The van der Waals surface area contributed by atoms with Crippen molar-refractivity contribution in [2.24, 2.45) is 5.92 Å². The zero-order chi connectivity index (χ0) is 11.9. The molecule has 0 saturated heterocycles. The van der Waals surface area contributed by atoms with Gasteiger partial charge in [0.05, 0.1) is 0 Å². The molecule has 0 aromatic carbocycles. The van der Waals surface area contributed by atoms with Crippen LogP contribution in [0, 0.1) is 5.92 Å². The summed E-state index contributed by atoms with van der Waals surface area (Å²) in [7, 11) is 3.55. The van der Waals surface area contributed by atoms with Gasteiger partial charge in [-0.15, -0.1) is 10.2 Å². The molecule has 1 aliphatic carbocycles. The number of anilines is 1. The molecular formula is C10H17N5O. The molecule has 1 fully saturated rings. The summed E-state index contributed by atoms with van der Waals surface area (Å²) < 4.78 is 1.07. The van der Waals surface area contributed by atoms with E-state index in [0.29, 0.717) is 17.6 Å². The molecule has 1 aromatic heterocycles. The van der Waals surface area contributed by atoms with E-state index in [4.69, 9.17) is 5.84 Å². The maximum Gasteiger partial charge on any atom is 0.295 e. The number of nitrogens with zero attached hydrogens (tertiary/aromatic N) is 4. The Labute approximate surface area is 94.0 Å². The normalized spacial score (nSPS) is 17.2. The molecule has 1 aromatic rings. The van der Waals surface area contributed by atoms with E-state index in [2.05, 4.69) is 10.2 Å². The first-order valence-corrected chi connectivity index (χ1v) is 5.44. The molecule has 88 valence electrons. The predicted molar refractivity (Wildman–Crippen MR) is 61.9 cm³/mol. The third-order valence-electron chi connectivity index (χ3n) is 3.06. The van der Waals surface area contributed by atoms with E-state index in [9.17, 15) is 4.79 Å². The Kier molecular flexibility index (Phi) is 2.57. The molecule has 1 saturated carbocycles. The van der Waals surface area contributed by atoms with E-state index in [-0.39, 0.29) is 11.5 Å². The zero-order valence-electron chi connectivity index (χ0n) is 9.84. The van der Waals surface area contributed by atoms with Crippen LogP contribution in [-0.4, -0.2) is 29.0 Å². The van der Waals surface area contributed by atoms with Crippen molar-refractivity contribution in [2.45, 2.75) is 25.7 Å². The van der Waals surface area contributed by atoms with Gasteiger partial charge in [-0.25, -0.2) is 0 Å². The van der Waals surface area contributed by atoms with Gasteiger partial charge in [-0.1, -0.05) is 6.92 Å². The van der Waals surface area contributed by atoms with Crippen molar-refractivity contribution in [3.63, 3.8) is 0 Å². The van der Waals surface area contributed by atoms with Crippen LogP contribution >= 0.6 is 0 Å². The lowest BCUT2D eigenvalue weighted by Gasteiger charge is -2.15. The smallest absolute Gasteiger partial charge is 0.295 e. The maximum atomic E-state index is 12.0.